The number of halogens is 1. The number of hydrogen-bond acceptors (Lipinski definition) is 4. The maximum Gasteiger partial charge on any atom is 0.291 e. The topological polar surface area (TPSA) is 59.8 Å². The minimum atomic E-state index is -0.615. The van der Waals surface area contributed by atoms with Gasteiger partial charge in [0.2, 0.25) is 5.76 Å². The van der Waals surface area contributed by atoms with Crippen molar-refractivity contribution in [1.82, 2.24) is 4.90 Å². The summed E-state index contributed by atoms with van der Waals surface area (Å²) in [6.45, 7) is 0.320. The molecule has 0 bridgehead atoms. The number of fused-ring (bicyclic) bond motifs is 2. The second-order valence-electron chi connectivity index (χ2n) is 8.62. The van der Waals surface area contributed by atoms with Crippen molar-refractivity contribution >= 4 is 32.8 Å². The van der Waals surface area contributed by atoms with Gasteiger partial charge in [0.25, 0.3) is 5.91 Å². The Bertz CT molecular complexity index is 1640. The van der Waals surface area contributed by atoms with E-state index >= 15 is 0 Å². The lowest BCUT2D eigenvalue weighted by molar-refractivity contribution is 0.0714. The van der Waals surface area contributed by atoms with Crippen molar-refractivity contribution in [2.24, 2.45) is 0 Å². The molecule has 5 nitrogen and oxygen atoms in total. The fourth-order valence-electron chi connectivity index (χ4n) is 4.64. The molecule has 0 N–H and O–H groups in total. The average molecular weight is 538 g/mol. The Morgan fingerprint density at radius 1 is 0.806 bits per heavy atom. The Morgan fingerprint density at radius 2 is 1.53 bits per heavy atom. The first-order valence-electron chi connectivity index (χ1n) is 11.5. The lowest BCUT2D eigenvalue weighted by atomic mass is 9.98. The molecule has 6 rings (SSSR count). The predicted molar refractivity (Wildman–Crippen MR) is 141 cm³/mol. The van der Waals surface area contributed by atoms with Gasteiger partial charge in [0, 0.05) is 11.0 Å². The molecule has 5 aromatic rings. The zero-order valence-electron chi connectivity index (χ0n) is 19.1. The van der Waals surface area contributed by atoms with Gasteiger partial charge >= 0.3 is 0 Å². The number of ether oxygens (including phenoxy) is 1. The van der Waals surface area contributed by atoms with Crippen LogP contribution >= 0.6 is 15.9 Å². The van der Waals surface area contributed by atoms with Gasteiger partial charge in [-0.05, 0) is 59.7 Å². The summed E-state index contributed by atoms with van der Waals surface area (Å²) in [7, 11) is 0. The van der Waals surface area contributed by atoms with E-state index in [1.54, 1.807) is 29.2 Å². The molecular formula is C30H20BrNO4. The summed E-state index contributed by atoms with van der Waals surface area (Å²) < 4.78 is 13.0. The number of hydrogen-bond donors (Lipinski definition) is 0. The summed E-state index contributed by atoms with van der Waals surface area (Å²) in [6, 6.07) is 31.2. The lowest BCUT2D eigenvalue weighted by Gasteiger charge is -2.25. The third-order valence-corrected chi connectivity index (χ3v) is 6.82. The zero-order chi connectivity index (χ0) is 24.6. The Balaban J connectivity index is 1.49. The summed E-state index contributed by atoms with van der Waals surface area (Å²) in [5.41, 5.74) is 2.28. The molecule has 2 heterocycles. The molecule has 1 aromatic heterocycles. The van der Waals surface area contributed by atoms with E-state index in [1.165, 1.54) is 0 Å². The number of benzene rings is 4. The predicted octanol–water partition coefficient (Wildman–Crippen LogP) is 7.09. The number of amides is 1. The molecule has 176 valence electrons. The molecule has 0 saturated heterocycles. The van der Waals surface area contributed by atoms with Crippen molar-refractivity contribution in [2.45, 2.75) is 12.6 Å². The fourth-order valence-corrected chi connectivity index (χ4v) is 4.90. The van der Waals surface area contributed by atoms with Crippen LogP contribution in [0.4, 0.5) is 0 Å². The first-order valence-corrected chi connectivity index (χ1v) is 12.3. The second kappa shape index (κ2) is 9.13. The first-order chi connectivity index (χ1) is 17.6. The molecule has 0 radical (unpaired) electrons. The van der Waals surface area contributed by atoms with E-state index in [0.717, 1.165) is 15.6 Å². The van der Waals surface area contributed by atoms with Crippen molar-refractivity contribution in [3.05, 3.63) is 140 Å². The molecule has 1 amide bonds. The maximum absolute atomic E-state index is 13.7. The highest BCUT2D eigenvalue weighted by molar-refractivity contribution is 9.10. The van der Waals surface area contributed by atoms with Gasteiger partial charge in [-0.3, -0.25) is 9.59 Å². The Labute approximate surface area is 215 Å². The highest BCUT2D eigenvalue weighted by atomic mass is 79.9. The Kier molecular flexibility index (Phi) is 5.66. The van der Waals surface area contributed by atoms with E-state index in [0.29, 0.717) is 34.6 Å². The number of carbonyl (C=O) groups excluding carboxylic acids is 1. The Morgan fingerprint density at radius 3 is 2.33 bits per heavy atom. The molecule has 6 heteroatoms. The summed E-state index contributed by atoms with van der Waals surface area (Å²) >= 11 is 3.46. The second-order valence-corrected chi connectivity index (χ2v) is 9.54. The highest BCUT2D eigenvalue weighted by Gasteiger charge is 2.42. The quantitative estimate of drug-likeness (QED) is 0.240. The molecule has 36 heavy (non-hydrogen) atoms. The van der Waals surface area contributed by atoms with Crippen LogP contribution in [0.15, 0.2) is 117 Å². The molecule has 1 aliphatic heterocycles. The standard InChI is InChI=1S/C30H20BrNO4/c31-21-15-13-19(14-16-21)18-32-27(20-7-6-10-23(17-20)35-22-8-2-1-3-9-22)26-28(33)24-11-4-5-12-25(24)36-29(26)30(32)34/h1-17,27H,18H2. The van der Waals surface area contributed by atoms with Crippen LogP contribution in [-0.2, 0) is 6.54 Å². The average Bonchev–Trinajstić information content (AvgIpc) is 3.18. The van der Waals surface area contributed by atoms with Crippen molar-refractivity contribution in [2.75, 3.05) is 0 Å². The van der Waals surface area contributed by atoms with Crippen LogP contribution in [0.3, 0.4) is 0 Å². The SMILES string of the molecule is O=C1c2oc3ccccc3c(=O)c2C(c2cccc(Oc3ccccc3)c2)N1Cc1ccc(Br)cc1. The third kappa shape index (κ3) is 3.99. The van der Waals surface area contributed by atoms with E-state index in [4.69, 9.17) is 9.15 Å². The summed E-state index contributed by atoms with van der Waals surface area (Å²) in [5.74, 6) is 1.11. The largest absolute Gasteiger partial charge is 0.457 e. The van der Waals surface area contributed by atoms with E-state index in [1.807, 2.05) is 78.9 Å². The molecule has 1 aliphatic rings. The zero-order valence-corrected chi connectivity index (χ0v) is 20.6. The van der Waals surface area contributed by atoms with E-state index in [9.17, 15) is 9.59 Å². The molecular weight excluding hydrogens is 518 g/mol. The number of rotatable bonds is 5. The van der Waals surface area contributed by atoms with E-state index < -0.39 is 6.04 Å². The smallest absolute Gasteiger partial charge is 0.291 e. The van der Waals surface area contributed by atoms with Gasteiger partial charge in [0.05, 0.1) is 17.0 Å². The normalized spacial score (nSPS) is 14.8. The number of nitrogens with zero attached hydrogens (tertiary/aromatic N) is 1. The molecule has 0 spiro atoms. The minimum Gasteiger partial charge on any atom is -0.457 e. The summed E-state index contributed by atoms with van der Waals surface area (Å²) in [5, 5.41) is 0.455. The van der Waals surface area contributed by atoms with Gasteiger partial charge in [-0.25, -0.2) is 0 Å². The molecule has 4 aromatic carbocycles. The molecule has 0 aliphatic carbocycles. The first kappa shape index (κ1) is 22.3. The number of para-hydroxylation sites is 2. The summed E-state index contributed by atoms with van der Waals surface area (Å²) in [6.07, 6.45) is 0. The van der Waals surface area contributed by atoms with Gasteiger partial charge in [0.15, 0.2) is 5.43 Å². The molecule has 1 atom stereocenters. The molecule has 1 unspecified atom stereocenters. The Hall–Kier alpha value is -4.16. The lowest BCUT2D eigenvalue weighted by Crippen LogP contribution is -2.29. The van der Waals surface area contributed by atoms with Crippen LogP contribution in [-0.4, -0.2) is 10.8 Å². The molecule has 0 fully saturated rings. The van der Waals surface area contributed by atoms with Crippen LogP contribution in [0.25, 0.3) is 11.0 Å². The van der Waals surface area contributed by atoms with Crippen LogP contribution in [0, 0.1) is 0 Å². The van der Waals surface area contributed by atoms with E-state index in [2.05, 4.69) is 15.9 Å². The molecule has 0 saturated carbocycles. The van der Waals surface area contributed by atoms with Crippen molar-refractivity contribution < 1.29 is 13.9 Å². The highest BCUT2D eigenvalue weighted by Crippen LogP contribution is 2.40. The van der Waals surface area contributed by atoms with Crippen LogP contribution in [0.2, 0.25) is 0 Å². The van der Waals surface area contributed by atoms with Gasteiger partial charge < -0.3 is 14.1 Å². The van der Waals surface area contributed by atoms with Crippen molar-refractivity contribution in [3.63, 3.8) is 0 Å². The third-order valence-electron chi connectivity index (χ3n) is 6.29. The van der Waals surface area contributed by atoms with Gasteiger partial charge in [-0.1, -0.05) is 70.5 Å². The fraction of sp³-hybridized carbons (Fsp3) is 0.0667. The monoisotopic (exact) mass is 537 g/mol. The van der Waals surface area contributed by atoms with Crippen LogP contribution in [0.1, 0.15) is 33.3 Å². The maximum atomic E-state index is 13.7. The van der Waals surface area contributed by atoms with Crippen molar-refractivity contribution in [1.29, 1.82) is 0 Å². The van der Waals surface area contributed by atoms with Crippen LogP contribution in [0.5, 0.6) is 11.5 Å². The van der Waals surface area contributed by atoms with Crippen LogP contribution < -0.4 is 10.2 Å². The van der Waals surface area contributed by atoms with Gasteiger partial charge in [-0.2, -0.15) is 0 Å². The van der Waals surface area contributed by atoms with Gasteiger partial charge in [-0.15, -0.1) is 0 Å². The van der Waals surface area contributed by atoms with E-state index in [-0.39, 0.29) is 17.1 Å². The summed E-state index contributed by atoms with van der Waals surface area (Å²) in [4.78, 5) is 29.1. The van der Waals surface area contributed by atoms with Gasteiger partial charge in [0.1, 0.15) is 17.1 Å². The van der Waals surface area contributed by atoms with Crippen molar-refractivity contribution in [3.8, 4) is 11.5 Å². The number of carbonyl (C=O) groups is 1. The minimum absolute atomic E-state index is 0.0928.